The number of rotatable bonds is 6. The molecule has 0 saturated heterocycles. The van der Waals surface area contributed by atoms with Crippen molar-refractivity contribution in [1.82, 2.24) is 34.9 Å². The Kier molecular flexibility index (Phi) is 5.50. The van der Waals surface area contributed by atoms with E-state index in [1.165, 1.54) is 12.8 Å². The van der Waals surface area contributed by atoms with Crippen molar-refractivity contribution in [2.75, 3.05) is 10.7 Å². The first-order chi connectivity index (χ1) is 16.2. The highest BCUT2D eigenvalue weighted by Crippen LogP contribution is 2.32. The van der Waals surface area contributed by atoms with Crippen molar-refractivity contribution < 1.29 is 0 Å². The molecule has 0 unspecified atom stereocenters. The van der Waals surface area contributed by atoms with Crippen LogP contribution in [0.25, 0.3) is 28.0 Å². The van der Waals surface area contributed by atoms with Gasteiger partial charge in [0.2, 0.25) is 0 Å². The average molecular weight is 442 g/mol. The Hall–Kier alpha value is -4.17. The third kappa shape index (κ3) is 3.92. The maximum absolute atomic E-state index is 8.93. The molecule has 4 heterocycles. The van der Waals surface area contributed by atoms with Crippen LogP contribution in [0, 0.1) is 11.3 Å². The summed E-state index contributed by atoms with van der Waals surface area (Å²) in [6.07, 6.45) is 10.7. The summed E-state index contributed by atoms with van der Waals surface area (Å²) in [5.41, 5.74) is 6.63. The number of fused-ring (bicyclic) bond motifs is 1. The normalized spacial score (nSPS) is 13.8. The van der Waals surface area contributed by atoms with Gasteiger partial charge in [0.15, 0.2) is 17.3 Å². The van der Waals surface area contributed by atoms with Crippen LogP contribution >= 0.6 is 0 Å². The lowest BCUT2D eigenvalue weighted by Gasteiger charge is -2.17. The Morgan fingerprint density at radius 1 is 1.12 bits per heavy atom. The number of hydrogen-bond acceptors (Lipinski definition) is 10. The minimum absolute atomic E-state index is 0.246. The van der Waals surface area contributed by atoms with Gasteiger partial charge in [-0.1, -0.05) is 19.8 Å². The first kappa shape index (κ1) is 20.7. The van der Waals surface area contributed by atoms with Crippen molar-refractivity contribution >= 4 is 22.7 Å². The Labute approximate surface area is 190 Å². The molecular weight excluding hydrogens is 418 g/mol. The van der Waals surface area contributed by atoms with Crippen LogP contribution in [0.5, 0.6) is 0 Å². The van der Waals surface area contributed by atoms with E-state index >= 15 is 0 Å². The van der Waals surface area contributed by atoms with Crippen LogP contribution in [-0.2, 0) is 6.42 Å². The van der Waals surface area contributed by atoms with Crippen molar-refractivity contribution in [2.45, 2.75) is 45.1 Å². The lowest BCUT2D eigenvalue weighted by molar-refractivity contribution is 0.747. The van der Waals surface area contributed by atoms with E-state index in [1.807, 2.05) is 12.3 Å². The second-order valence-electron chi connectivity index (χ2n) is 7.92. The van der Waals surface area contributed by atoms with Crippen molar-refractivity contribution in [3.8, 4) is 23.0 Å². The Morgan fingerprint density at radius 3 is 2.67 bits per heavy atom. The van der Waals surface area contributed by atoms with E-state index in [9.17, 15) is 0 Å². The lowest BCUT2D eigenvalue weighted by atomic mass is 10.1. The Morgan fingerprint density at radius 2 is 1.97 bits per heavy atom. The summed E-state index contributed by atoms with van der Waals surface area (Å²) in [4.78, 5) is 14.3. The molecule has 0 amide bonds. The summed E-state index contributed by atoms with van der Waals surface area (Å²) in [5, 5.41) is 24.9. The molecule has 1 aliphatic rings. The minimum Gasteiger partial charge on any atom is -0.366 e. The molecule has 4 aromatic heterocycles. The maximum atomic E-state index is 8.93. The first-order valence-corrected chi connectivity index (χ1v) is 10.9. The molecule has 166 valence electrons. The van der Waals surface area contributed by atoms with E-state index in [1.54, 1.807) is 29.2 Å². The number of hydrazine groups is 1. The molecule has 0 bridgehead atoms. The molecule has 11 heteroatoms. The van der Waals surface area contributed by atoms with Crippen LogP contribution in [0.15, 0.2) is 30.7 Å². The van der Waals surface area contributed by atoms with Gasteiger partial charge >= 0.3 is 0 Å². The van der Waals surface area contributed by atoms with Gasteiger partial charge < -0.3 is 10.7 Å². The van der Waals surface area contributed by atoms with Crippen LogP contribution in [0.2, 0.25) is 0 Å². The maximum Gasteiger partial charge on any atom is 0.175 e. The molecule has 1 aliphatic carbocycles. The fourth-order valence-corrected chi connectivity index (χ4v) is 4.11. The standard InChI is InChI=1S/C22H23N11/c1-2-17-21(27-14-5-3-4-6-14)29-19-16(11-25-22(30-24)20(19)28-17)13-10-26-33(12-13)18-8-7-15(9-23)31-32-18/h7-8,10-12,14H,2-6,24H2,1H3,(H,25,30)(H,27,29). The highest BCUT2D eigenvalue weighted by Gasteiger charge is 2.20. The van der Waals surface area contributed by atoms with Gasteiger partial charge in [0.25, 0.3) is 0 Å². The van der Waals surface area contributed by atoms with Gasteiger partial charge in [0.05, 0.1) is 11.9 Å². The average Bonchev–Trinajstić information content (AvgIpc) is 3.55. The van der Waals surface area contributed by atoms with Crippen LogP contribution < -0.4 is 16.6 Å². The largest absolute Gasteiger partial charge is 0.366 e. The number of nitrogens with zero attached hydrogens (tertiary/aromatic N) is 8. The summed E-state index contributed by atoms with van der Waals surface area (Å²) >= 11 is 0. The number of nitrogen functional groups attached to an aromatic ring is 1. The SMILES string of the molecule is CCc1nc2c(NN)ncc(-c3cnn(-c4ccc(C#N)nn4)c3)c2nc1NC1CCCC1. The van der Waals surface area contributed by atoms with Gasteiger partial charge in [0, 0.05) is 29.6 Å². The van der Waals surface area contributed by atoms with Crippen LogP contribution in [0.1, 0.15) is 44.0 Å². The molecule has 0 spiro atoms. The number of pyridine rings is 1. The fourth-order valence-electron chi connectivity index (χ4n) is 4.11. The molecule has 0 radical (unpaired) electrons. The van der Waals surface area contributed by atoms with Crippen LogP contribution in [0.3, 0.4) is 0 Å². The molecule has 0 atom stereocenters. The molecule has 11 nitrogen and oxygen atoms in total. The highest BCUT2D eigenvalue weighted by atomic mass is 15.3. The highest BCUT2D eigenvalue weighted by molar-refractivity contribution is 5.97. The topological polar surface area (TPSA) is 156 Å². The second kappa shape index (κ2) is 8.76. The quantitative estimate of drug-likeness (QED) is 0.300. The summed E-state index contributed by atoms with van der Waals surface area (Å²) in [6, 6.07) is 5.66. The van der Waals surface area contributed by atoms with Gasteiger partial charge in [-0.15, -0.1) is 10.2 Å². The lowest BCUT2D eigenvalue weighted by Crippen LogP contribution is -2.18. The molecular formula is C22H23N11. The number of nitriles is 1. The van der Waals surface area contributed by atoms with E-state index < -0.39 is 0 Å². The Balaban J connectivity index is 1.60. The monoisotopic (exact) mass is 441 g/mol. The number of nitrogens with one attached hydrogen (secondary N) is 2. The minimum atomic E-state index is 0.246. The van der Waals surface area contributed by atoms with Crippen molar-refractivity contribution in [1.29, 1.82) is 5.26 Å². The third-order valence-corrected chi connectivity index (χ3v) is 5.83. The van der Waals surface area contributed by atoms with E-state index in [2.05, 4.69) is 37.9 Å². The molecule has 1 fully saturated rings. The zero-order valence-electron chi connectivity index (χ0n) is 18.2. The van der Waals surface area contributed by atoms with E-state index in [-0.39, 0.29) is 5.69 Å². The number of anilines is 2. The number of aromatic nitrogens is 7. The van der Waals surface area contributed by atoms with E-state index in [4.69, 9.17) is 21.1 Å². The number of nitrogens with two attached hydrogens (primary N) is 1. The molecule has 0 aromatic carbocycles. The number of aryl methyl sites for hydroxylation is 1. The predicted molar refractivity (Wildman–Crippen MR) is 123 cm³/mol. The van der Waals surface area contributed by atoms with Gasteiger partial charge in [-0.25, -0.2) is 25.5 Å². The summed E-state index contributed by atoms with van der Waals surface area (Å²) < 4.78 is 1.59. The molecule has 1 saturated carbocycles. The van der Waals surface area contributed by atoms with Crippen molar-refractivity contribution in [3.63, 3.8) is 0 Å². The summed E-state index contributed by atoms with van der Waals surface area (Å²) in [6.45, 7) is 2.06. The molecule has 33 heavy (non-hydrogen) atoms. The third-order valence-electron chi connectivity index (χ3n) is 5.83. The van der Waals surface area contributed by atoms with Gasteiger partial charge in [-0.3, -0.25) is 0 Å². The van der Waals surface area contributed by atoms with Gasteiger partial charge in [-0.05, 0) is 31.4 Å². The van der Waals surface area contributed by atoms with Gasteiger partial charge in [0.1, 0.15) is 22.9 Å². The molecule has 0 aliphatic heterocycles. The van der Waals surface area contributed by atoms with Crippen molar-refractivity contribution in [3.05, 3.63) is 42.1 Å². The molecule has 4 N–H and O–H groups in total. The predicted octanol–water partition coefficient (Wildman–Crippen LogP) is 2.74. The van der Waals surface area contributed by atoms with Crippen molar-refractivity contribution in [2.24, 2.45) is 5.84 Å². The second-order valence-corrected chi connectivity index (χ2v) is 7.92. The summed E-state index contributed by atoms with van der Waals surface area (Å²) in [5.74, 6) is 7.49. The van der Waals surface area contributed by atoms with Crippen LogP contribution in [0.4, 0.5) is 11.6 Å². The molecule has 4 aromatic rings. The fraction of sp³-hybridized carbons (Fsp3) is 0.318. The van der Waals surface area contributed by atoms with Gasteiger partial charge in [-0.2, -0.15) is 10.4 Å². The molecule has 5 rings (SSSR count). The summed E-state index contributed by atoms with van der Waals surface area (Å²) in [7, 11) is 0. The first-order valence-electron chi connectivity index (χ1n) is 10.9. The van der Waals surface area contributed by atoms with E-state index in [0.29, 0.717) is 28.7 Å². The number of hydrogen-bond donors (Lipinski definition) is 3. The smallest absolute Gasteiger partial charge is 0.175 e. The Bertz CT molecular complexity index is 1330. The zero-order valence-corrected chi connectivity index (χ0v) is 18.2. The van der Waals surface area contributed by atoms with E-state index in [0.717, 1.165) is 41.9 Å². The zero-order chi connectivity index (χ0) is 22.8. The van der Waals surface area contributed by atoms with Crippen LogP contribution in [-0.4, -0.2) is 41.0 Å².